The van der Waals surface area contributed by atoms with Gasteiger partial charge in [0.15, 0.2) is 6.61 Å². The van der Waals surface area contributed by atoms with Gasteiger partial charge in [0.25, 0.3) is 0 Å². The molecule has 1 unspecified atom stereocenters. The van der Waals surface area contributed by atoms with Gasteiger partial charge in [-0.3, -0.25) is 4.79 Å². The number of methoxy groups -OCH3 is 1. The summed E-state index contributed by atoms with van der Waals surface area (Å²) in [5, 5.41) is 2.90. The molecule has 0 bridgehead atoms. The zero-order valence-electron chi connectivity index (χ0n) is 13.8. The molecule has 0 spiro atoms. The summed E-state index contributed by atoms with van der Waals surface area (Å²) in [4.78, 5) is 23.7. The van der Waals surface area contributed by atoms with Crippen molar-refractivity contribution in [3.63, 3.8) is 0 Å². The van der Waals surface area contributed by atoms with E-state index < -0.39 is 5.97 Å². The Morgan fingerprint density at radius 1 is 1.08 bits per heavy atom. The quantitative estimate of drug-likeness (QED) is 0.792. The van der Waals surface area contributed by atoms with Crippen molar-refractivity contribution >= 4 is 17.6 Å². The summed E-state index contributed by atoms with van der Waals surface area (Å²) in [6.45, 7) is 1.81. The van der Waals surface area contributed by atoms with Crippen LogP contribution in [0.15, 0.2) is 54.6 Å². The van der Waals surface area contributed by atoms with Gasteiger partial charge < -0.3 is 14.8 Å². The van der Waals surface area contributed by atoms with E-state index in [-0.39, 0.29) is 18.4 Å². The van der Waals surface area contributed by atoms with Crippen LogP contribution in [0.1, 0.15) is 24.8 Å². The monoisotopic (exact) mass is 327 g/mol. The molecule has 2 aromatic carbocycles. The number of carbonyl (C=O) groups excluding carboxylic acids is 2. The summed E-state index contributed by atoms with van der Waals surface area (Å²) in [6, 6.07) is 16.6. The maximum Gasteiger partial charge on any atom is 0.343 e. The second-order valence-electron chi connectivity index (χ2n) is 5.25. The van der Waals surface area contributed by atoms with Crippen LogP contribution in [-0.4, -0.2) is 25.6 Å². The Hall–Kier alpha value is -2.82. The standard InChI is InChI=1S/C19H21NO4/c1-3-17(14-8-5-4-6-9-14)19(22)20-15-10-7-11-16(12-15)24-13-18(21)23-2/h4-12,17H,3,13H2,1-2H3,(H,20,22). The van der Waals surface area contributed by atoms with E-state index in [0.717, 1.165) is 5.56 Å². The van der Waals surface area contributed by atoms with Gasteiger partial charge in [0, 0.05) is 11.8 Å². The fraction of sp³-hybridized carbons (Fsp3) is 0.263. The Morgan fingerprint density at radius 3 is 2.50 bits per heavy atom. The fourth-order valence-corrected chi connectivity index (χ4v) is 2.35. The minimum absolute atomic E-state index is 0.0752. The van der Waals surface area contributed by atoms with Crippen LogP contribution in [0.2, 0.25) is 0 Å². The maximum atomic E-state index is 12.5. The van der Waals surface area contributed by atoms with E-state index >= 15 is 0 Å². The smallest absolute Gasteiger partial charge is 0.343 e. The molecule has 1 atom stereocenters. The van der Waals surface area contributed by atoms with E-state index in [4.69, 9.17) is 4.74 Å². The first-order valence-electron chi connectivity index (χ1n) is 7.79. The molecule has 1 amide bonds. The lowest BCUT2D eigenvalue weighted by Gasteiger charge is -2.16. The Bertz CT molecular complexity index is 685. The molecule has 0 aliphatic heterocycles. The van der Waals surface area contributed by atoms with Crippen molar-refractivity contribution in [3.05, 3.63) is 60.2 Å². The highest BCUT2D eigenvalue weighted by Gasteiger charge is 2.18. The van der Waals surface area contributed by atoms with Crippen LogP contribution in [0.25, 0.3) is 0 Å². The van der Waals surface area contributed by atoms with Gasteiger partial charge in [-0.2, -0.15) is 0 Å². The molecule has 24 heavy (non-hydrogen) atoms. The van der Waals surface area contributed by atoms with Crippen molar-refractivity contribution in [2.45, 2.75) is 19.3 Å². The highest BCUT2D eigenvalue weighted by Crippen LogP contribution is 2.23. The lowest BCUT2D eigenvalue weighted by Crippen LogP contribution is -2.20. The minimum Gasteiger partial charge on any atom is -0.482 e. The third-order valence-corrected chi connectivity index (χ3v) is 3.61. The highest BCUT2D eigenvalue weighted by atomic mass is 16.6. The summed E-state index contributed by atoms with van der Waals surface area (Å²) < 4.78 is 9.85. The molecule has 5 heteroatoms. The van der Waals surface area contributed by atoms with Crippen molar-refractivity contribution in [1.29, 1.82) is 0 Å². The van der Waals surface area contributed by atoms with Crippen LogP contribution in [0.4, 0.5) is 5.69 Å². The van der Waals surface area contributed by atoms with Crippen LogP contribution >= 0.6 is 0 Å². The lowest BCUT2D eigenvalue weighted by molar-refractivity contribution is -0.142. The highest BCUT2D eigenvalue weighted by molar-refractivity contribution is 5.96. The normalized spacial score (nSPS) is 11.4. The van der Waals surface area contributed by atoms with Gasteiger partial charge in [-0.25, -0.2) is 4.79 Å². The molecule has 0 saturated carbocycles. The van der Waals surface area contributed by atoms with Gasteiger partial charge in [0.2, 0.25) is 5.91 Å². The third-order valence-electron chi connectivity index (χ3n) is 3.61. The van der Waals surface area contributed by atoms with E-state index in [1.54, 1.807) is 24.3 Å². The lowest BCUT2D eigenvalue weighted by atomic mass is 9.95. The second-order valence-corrected chi connectivity index (χ2v) is 5.25. The minimum atomic E-state index is -0.459. The van der Waals surface area contributed by atoms with E-state index in [1.165, 1.54) is 7.11 Å². The maximum absolute atomic E-state index is 12.5. The van der Waals surface area contributed by atoms with Gasteiger partial charge in [0.1, 0.15) is 5.75 Å². The molecule has 2 aromatic rings. The van der Waals surface area contributed by atoms with Crippen molar-refractivity contribution < 1.29 is 19.1 Å². The number of rotatable bonds is 7. The summed E-state index contributed by atoms with van der Waals surface area (Å²) in [6.07, 6.45) is 0.703. The van der Waals surface area contributed by atoms with Crippen LogP contribution in [0, 0.1) is 0 Å². The molecule has 0 radical (unpaired) electrons. The van der Waals surface area contributed by atoms with Gasteiger partial charge >= 0.3 is 5.97 Å². The molecule has 0 aliphatic carbocycles. The molecule has 0 aromatic heterocycles. The summed E-state index contributed by atoms with van der Waals surface area (Å²) >= 11 is 0. The van der Waals surface area contributed by atoms with Crippen molar-refractivity contribution in [1.82, 2.24) is 0 Å². The molecular weight excluding hydrogens is 306 g/mol. The van der Waals surface area contributed by atoms with Gasteiger partial charge in [0.05, 0.1) is 13.0 Å². The summed E-state index contributed by atoms with van der Waals surface area (Å²) in [5.74, 6) is -0.259. The predicted molar refractivity (Wildman–Crippen MR) is 92.1 cm³/mol. The number of benzene rings is 2. The van der Waals surface area contributed by atoms with Gasteiger partial charge in [-0.1, -0.05) is 43.3 Å². The molecule has 2 rings (SSSR count). The van der Waals surface area contributed by atoms with Crippen LogP contribution < -0.4 is 10.1 Å². The largest absolute Gasteiger partial charge is 0.482 e. The third kappa shape index (κ3) is 4.84. The van der Waals surface area contributed by atoms with Crippen LogP contribution in [0.3, 0.4) is 0 Å². The number of hydrogen-bond acceptors (Lipinski definition) is 4. The first-order valence-corrected chi connectivity index (χ1v) is 7.79. The Labute approximate surface area is 141 Å². The number of ether oxygens (including phenoxy) is 2. The molecule has 0 heterocycles. The van der Waals surface area contributed by atoms with Crippen LogP contribution in [-0.2, 0) is 14.3 Å². The summed E-state index contributed by atoms with van der Waals surface area (Å²) in [5.41, 5.74) is 1.60. The average Bonchev–Trinajstić information content (AvgIpc) is 2.61. The Kier molecular flexibility index (Phi) is 6.37. The molecule has 0 fully saturated rings. The number of amides is 1. The first kappa shape index (κ1) is 17.5. The van der Waals surface area contributed by atoms with E-state index in [1.807, 2.05) is 37.3 Å². The SMILES string of the molecule is CCC(C(=O)Nc1cccc(OCC(=O)OC)c1)c1ccccc1. The average molecular weight is 327 g/mol. The van der Waals surface area contributed by atoms with Gasteiger partial charge in [-0.15, -0.1) is 0 Å². The molecule has 1 N–H and O–H groups in total. The van der Waals surface area contributed by atoms with Crippen molar-refractivity contribution in [3.8, 4) is 5.75 Å². The van der Waals surface area contributed by atoms with Gasteiger partial charge in [-0.05, 0) is 24.1 Å². The van der Waals surface area contributed by atoms with E-state index in [0.29, 0.717) is 17.9 Å². The molecule has 0 saturated heterocycles. The zero-order chi connectivity index (χ0) is 17.4. The molecule has 5 nitrogen and oxygen atoms in total. The number of carbonyl (C=O) groups is 2. The van der Waals surface area contributed by atoms with E-state index in [9.17, 15) is 9.59 Å². The number of hydrogen-bond donors (Lipinski definition) is 1. The first-order chi connectivity index (χ1) is 11.6. The topological polar surface area (TPSA) is 64.6 Å². The van der Waals surface area contributed by atoms with Crippen LogP contribution in [0.5, 0.6) is 5.75 Å². The number of esters is 1. The Balaban J connectivity index is 2.04. The van der Waals surface area contributed by atoms with E-state index in [2.05, 4.69) is 10.1 Å². The molecule has 126 valence electrons. The Morgan fingerprint density at radius 2 is 1.83 bits per heavy atom. The van der Waals surface area contributed by atoms with Crippen molar-refractivity contribution in [2.24, 2.45) is 0 Å². The molecular formula is C19H21NO4. The second kappa shape index (κ2) is 8.72. The predicted octanol–water partition coefficient (Wildman–Crippen LogP) is 3.37. The molecule has 0 aliphatic rings. The number of nitrogens with one attached hydrogen (secondary N) is 1. The number of anilines is 1. The summed E-state index contributed by atoms with van der Waals surface area (Å²) in [7, 11) is 1.30. The van der Waals surface area contributed by atoms with Crippen molar-refractivity contribution in [2.75, 3.05) is 19.0 Å². The zero-order valence-corrected chi connectivity index (χ0v) is 13.8. The fourth-order valence-electron chi connectivity index (χ4n) is 2.35.